The van der Waals surface area contributed by atoms with Gasteiger partial charge in [0.05, 0.1) is 20.3 Å². The van der Waals surface area contributed by atoms with E-state index in [1.54, 1.807) is 18.2 Å². The minimum Gasteiger partial charge on any atom is -0.496 e. The van der Waals surface area contributed by atoms with Crippen LogP contribution in [0.4, 0.5) is 0 Å². The smallest absolute Gasteiger partial charge is 0.346 e. The van der Waals surface area contributed by atoms with Crippen molar-refractivity contribution in [2.24, 2.45) is 0 Å². The SMILES string of the molecule is CCCC(NC(=O)COC(=O)c1c(OC)cccc1OC)c1ccccc1. The van der Waals surface area contributed by atoms with Crippen LogP contribution in [0, 0.1) is 0 Å². The molecule has 0 heterocycles. The summed E-state index contributed by atoms with van der Waals surface area (Å²) in [5.41, 5.74) is 1.17. The summed E-state index contributed by atoms with van der Waals surface area (Å²) in [6.07, 6.45) is 1.71. The van der Waals surface area contributed by atoms with Gasteiger partial charge in [-0.15, -0.1) is 0 Å². The van der Waals surface area contributed by atoms with Crippen LogP contribution >= 0.6 is 0 Å². The first-order valence-electron chi connectivity index (χ1n) is 8.83. The van der Waals surface area contributed by atoms with E-state index in [0.29, 0.717) is 11.5 Å². The lowest BCUT2D eigenvalue weighted by Gasteiger charge is -2.19. The van der Waals surface area contributed by atoms with E-state index in [9.17, 15) is 9.59 Å². The van der Waals surface area contributed by atoms with Crippen LogP contribution in [-0.4, -0.2) is 32.7 Å². The fourth-order valence-electron chi connectivity index (χ4n) is 2.79. The molecule has 0 aromatic heterocycles. The van der Waals surface area contributed by atoms with Gasteiger partial charge in [-0.3, -0.25) is 4.79 Å². The van der Waals surface area contributed by atoms with Crippen molar-refractivity contribution in [3.05, 3.63) is 59.7 Å². The molecule has 144 valence electrons. The lowest BCUT2D eigenvalue weighted by atomic mass is 10.0. The Morgan fingerprint density at radius 1 is 0.963 bits per heavy atom. The Hall–Kier alpha value is -3.02. The number of hydrogen-bond donors (Lipinski definition) is 1. The summed E-state index contributed by atoms with van der Waals surface area (Å²) in [6, 6.07) is 14.6. The van der Waals surface area contributed by atoms with Gasteiger partial charge < -0.3 is 19.5 Å². The van der Waals surface area contributed by atoms with Gasteiger partial charge in [0.1, 0.15) is 17.1 Å². The predicted molar refractivity (Wildman–Crippen MR) is 102 cm³/mol. The highest BCUT2D eigenvalue weighted by Gasteiger charge is 2.21. The first-order chi connectivity index (χ1) is 13.1. The van der Waals surface area contributed by atoms with Crippen molar-refractivity contribution >= 4 is 11.9 Å². The van der Waals surface area contributed by atoms with E-state index in [-0.39, 0.29) is 24.1 Å². The topological polar surface area (TPSA) is 73.9 Å². The Morgan fingerprint density at radius 3 is 2.15 bits per heavy atom. The molecular formula is C21H25NO5. The van der Waals surface area contributed by atoms with Crippen LogP contribution < -0.4 is 14.8 Å². The van der Waals surface area contributed by atoms with E-state index in [1.807, 2.05) is 30.3 Å². The summed E-state index contributed by atoms with van der Waals surface area (Å²) in [7, 11) is 2.90. The van der Waals surface area contributed by atoms with Gasteiger partial charge >= 0.3 is 5.97 Å². The molecule has 6 heteroatoms. The van der Waals surface area contributed by atoms with Gasteiger partial charge in [0.15, 0.2) is 6.61 Å². The van der Waals surface area contributed by atoms with E-state index in [1.165, 1.54) is 14.2 Å². The molecular weight excluding hydrogens is 346 g/mol. The standard InChI is InChI=1S/C21H25NO5/c1-4-9-16(15-10-6-5-7-11-15)22-19(23)14-27-21(24)20-17(25-2)12-8-13-18(20)26-3/h5-8,10-13,16H,4,9,14H2,1-3H3,(H,22,23). The Morgan fingerprint density at radius 2 is 1.59 bits per heavy atom. The molecule has 2 aromatic rings. The van der Waals surface area contributed by atoms with Crippen LogP contribution in [0.1, 0.15) is 41.7 Å². The van der Waals surface area contributed by atoms with E-state index in [2.05, 4.69) is 12.2 Å². The molecule has 0 saturated carbocycles. The molecule has 0 aliphatic rings. The molecule has 0 bridgehead atoms. The number of carbonyl (C=O) groups excluding carboxylic acids is 2. The van der Waals surface area contributed by atoms with Gasteiger partial charge in [0.25, 0.3) is 5.91 Å². The summed E-state index contributed by atoms with van der Waals surface area (Å²) in [5, 5.41) is 2.92. The van der Waals surface area contributed by atoms with E-state index in [4.69, 9.17) is 14.2 Å². The molecule has 0 spiro atoms. The highest BCUT2D eigenvalue weighted by Crippen LogP contribution is 2.28. The van der Waals surface area contributed by atoms with Gasteiger partial charge in [-0.05, 0) is 24.1 Å². The third-order valence-corrected chi connectivity index (χ3v) is 4.08. The van der Waals surface area contributed by atoms with Crippen molar-refractivity contribution < 1.29 is 23.8 Å². The summed E-state index contributed by atoms with van der Waals surface area (Å²) in [4.78, 5) is 24.7. The van der Waals surface area contributed by atoms with Crippen molar-refractivity contribution in [1.82, 2.24) is 5.32 Å². The molecule has 1 N–H and O–H groups in total. The number of hydrogen-bond acceptors (Lipinski definition) is 5. The molecule has 1 atom stereocenters. The number of benzene rings is 2. The number of amides is 1. The van der Waals surface area contributed by atoms with Crippen LogP contribution in [0.15, 0.2) is 48.5 Å². The summed E-state index contributed by atoms with van der Waals surface area (Å²) in [5.74, 6) is -0.383. The van der Waals surface area contributed by atoms with E-state index >= 15 is 0 Å². The Balaban J connectivity index is 2.01. The molecule has 1 amide bonds. The number of rotatable bonds is 9. The van der Waals surface area contributed by atoms with Crippen LogP contribution in [0.2, 0.25) is 0 Å². The van der Waals surface area contributed by atoms with Crippen molar-refractivity contribution in [3.8, 4) is 11.5 Å². The summed E-state index contributed by atoms with van der Waals surface area (Å²) in [6.45, 7) is 1.67. The number of ether oxygens (including phenoxy) is 3. The van der Waals surface area contributed by atoms with Gasteiger partial charge in [-0.2, -0.15) is 0 Å². The highest BCUT2D eigenvalue weighted by molar-refractivity contribution is 5.96. The maximum Gasteiger partial charge on any atom is 0.346 e. The lowest BCUT2D eigenvalue weighted by molar-refractivity contribution is -0.125. The molecule has 0 aliphatic carbocycles. The zero-order valence-electron chi connectivity index (χ0n) is 15.9. The zero-order valence-corrected chi connectivity index (χ0v) is 15.9. The largest absolute Gasteiger partial charge is 0.496 e. The first kappa shape index (κ1) is 20.3. The highest BCUT2D eigenvalue weighted by atomic mass is 16.5. The third-order valence-electron chi connectivity index (χ3n) is 4.08. The van der Waals surface area contributed by atoms with Crippen molar-refractivity contribution in [2.75, 3.05) is 20.8 Å². The number of nitrogens with one attached hydrogen (secondary N) is 1. The number of methoxy groups -OCH3 is 2. The lowest BCUT2D eigenvalue weighted by Crippen LogP contribution is -2.32. The molecule has 6 nitrogen and oxygen atoms in total. The Kier molecular flexibility index (Phi) is 7.67. The second-order valence-electron chi connectivity index (χ2n) is 5.93. The van der Waals surface area contributed by atoms with Gasteiger partial charge in [0.2, 0.25) is 0 Å². The van der Waals surface area contributed by atoms with Crippen molar-refractivity contribution in [2.45, 2.75) is 25.8 Å². The molecule has 27 heavy (non-hydrogen) atoms. The predicted octanol–water partition coefficient (Wildman–Crippen LogP) is 3.52. The van der Waals surface area contributed by atoms with E-state index in [0.717, 1.165) is 18.4 Å². The third kappa shape index (κ3) is 5.48. The molecule has 2 aromatic carbocycles. The van der Waals surface area contributed by atoms with Crippen LogP contribution in [0.5, 0.6) is 11.5 Å². The number of esters is 1. The normalized spacial score (nSPS) is 11.4. The molecule has 1 unspecified atom stereocenters. The van der Waals surface area contributed by atoms with Gasteiger partial charge in [-0.1, -0.05) is 49.7 Å². The van der Waals surface area contributed by atoms with Crippen LogP contribution in [-0.2, 0) is 9.53 Å². The summed E-state index contributed by atoms with van der Waals surface area (Å²) < 4.78 is 15.6. The van der Waals surface area contributed by atoms with Gasteiger partial charge in [0, 0.05) is 0 Å². The molecule has 0 aliphatic heterocycles. The fraction of sp³-hybridized carbons (Fsp3) is 0.333. The second kappa shape index (κ2) is 10.2. The van der Waals surface area contributed by atoms with Gasteiger partial charge in [-0.25, -0.2) is 4.79 Å². The summed E-state index contributed by atoms with van der Waals surface area (Å²) >= 11 is 0. The van der Waals surface area contributed by atoms with Crippen molar-refractivity contribution in [3.63, 3.8) is 0 Å². The van der Waals surface area contributed by atoms with Crippen LogP contribution in [0.25, 0.3) is 0 Å². The van der Waals surface area contributed by atoms with Crippen LogP contribution in [0.3, 0.4) is 0 Å². The number of carbonyl (C=O) groups is 2. The average Bonchev–Trinajstić information content (AvgIpc) is 2.71. The van der Waals surface area contributed by atoms with Crippen molar-refractivity contribution in [1.29, 1.82) is 0 Å². The monoisotopic (exact) mass is 371 g/mol. The average molecular weight is 371 g/mol. The zero-order chi connectivity index (χ0) is 19.6. The molecule has 2 rings (SSSR count). The van der Waals surface area contributed by atoms with E-state index < -0.39 is 5.97 Å². The first-order valence-corrected chi connectivity index (χ1v) is 8.83. The fourth-order valence-corrected chi connectivity index (χ4v) is 2.79. The molecule has 0 saturated heterocycles. The quantitative estimate of drug-likeness (QED) is 0.683. The minimum atomic E-state index is -0.675. The second-order valence-corrected chi connectivity index (χ2v) is 5.93. The Bertz CT molecular complexity index is 738. The maximum absolute atomic E-state index is 12.4. The Labute approximate surface area is 159 Å². The molecule has 0 fully saturated rings. The minimum absolute atomic E-state index is 0.122. The molecule has 0 radical (unpaired) electrons. The maximum atomic E-state index is 12.4.